The Labute approximate surface area is 116 Å². The Morgan fingerprint density at radius 3 is 2.45 bits per heavy atom. The fourth-order valence-electron chi connectivity index (χ4n) is 2.42. The van der Waals surface area contributed by atoms with E-state index in [0.717, 1.165) is 5.56 Å². The predicted octanol–water partition coefficient (Wildman–Crippen LogP) is 3.19. The van der Waals surface area contributed by atoms with E-state index in [1.54, 1.807) is 24.3 Å². The monoisotopic (exact) mass is 266 g/mol. The topological polar surface area (TPSA) is 62.0 Å². The first-order valence-electron chi connectivity index (χ1n) is 6.50. The van der Waals surface area contributed by atoms with Crippen LogP contribution in [0.25, 0.3) is 0 Å². The number of aromatic hydroxyl groups is 1. The number of nitrogens with zero attached hydrogens (tertiary/aromatic N) is 2. The van der Waals surface area contributed by atoms with Gasteiger partial charge in [-0.2, -0.15) is 10.2 Å². The summed E-state index contributed by atoms with van der Waals surface area (Å²) >= 11 is 0. The lowest BCUT2D eigenvalue weighted by Crippen LogP contribution is -2.24. The number of phenols is 1. The van der Waals surface area contributed by atoms with E-state index < -0.39 is 6.04 Å². The minimum absolute atomic E-state index is 0.00933. The fraction of sp³-hybridized carbons (Fsp3) is 0.188. The normalized spacial score (nSPS) is 21.0. The molecule has 2 unspecified atom stereocenters. The number of ketones is 1. The van der Waals surface area contributed by atoms with Crippen molar-refractivity contribution in [2.75, 3.05) is 6.54 Å². The number of Topliss-reactive ketones (excluding diaryl/α,β-unsaturated/α-hetero) is 1. The van der Waals surface area contributed by atoms with Gasteiger partial charge in [0.25, 0.3) is 0 Å². The first-order chi connectivity index (χ1) is 9.75. The molecule has 0 aliphatic carbocycles. The summed E-state index contributed by atoms with van der Waals surface area (Å²) in [5.41, 5.74) is 1.63. The van der Waals surface area contributed by atoms with E-state index >= 15 is 0 Å². The second-order valence-corrected chi connectivity index (χ2v) is 4.81. The molecule has 4 nitrogen and oxygen atoms in total. The van der Waals surface area contributed by atoms with Crippen LogP contribution >= 0.6 is 0 Å². The molecule has 0 fully saturated rings. The summed E-state index contributed by atoms with van der Waals surface area (Å²) in [6.45, 7) is 0.508. The van der Waals surface area contributed by atoms with Gasteiger partial charge < -0.3 is 5.11 Å². The maximum absolute atomic E-state index is 12.5. The molecular formula is C16H14N2O2. The summed E-state index contributed by atoms with van der Waals surface area (Å²) < 4.78 is 0. The van der Waals surface area contributed by atoms with Gasteiger partial charge in [-0.15, -0.1) is 0 Å². The van der Waals surface area contributed by atoms with Crippen molar-refractivity contribution in [1.29, 1.82) is 0 Å². The van der Waals surface area contributed by atoms with Crippen LogP contribution in [0.4, 0.5) is 0 Å². The Morgan fingerprint density at radius 2 is 1.75 bits per heavy atom. The zero-order valence-electron chi connectivity index (χ0n) is 10.8. The van der Waals surface area contributed by atoms with Crippen LogP contribution in [-0.4, -0.2) is 23.5 Å². The minimum atomic E-state index is -0.470. The van der Waals surface area contributed by atoms with Crippen LogP contribution in [0.15, 0.2) is 64.8 Å². The van der Waals surface area contributed by atoms with Crippen LogP contribution in [0.2, 0.25) is 0 Å². The molecule has 2 atom stereocenters. The number of carbonyl (C=O) groups excluding carboxylic acids is 1. The Morgan fingerprint density at radius 1 is 1.05 bits per heavy atom. The van der Waals surface area contributed by atoms with E-state index in [4.69, 9.17) is 0 Å². The molecule has 1 heterocycles. The maximum Gasteiger partial charge on any atom is 0.189 e. The molecule has 0 bridgehead atoms. The number of phenolic OH excluding ortho intramolecular Hbond substituents is 1. The third-order valence-corrected chi connectivity index (χ3v) is 3.51. The van der Waals surface area contributed by atoms with E-state index in [1.165, 1.54) is 0 Å². The third kappa shape index (κ3) is 2.32. The summed E-state index contributed by atoms with van der Waals surface area (Å²) in [5, 5.41) is 17.5. The molecule has 0 saturated carbocycles. The SMILES string of the molecule is O=C(c1ccccc1)C1N=NCC1c1ccc(O)cc1. The van der Waals surface area contributed by atoms with Crippen molar-refractivity contribution in [3.63, 3.8) is 0 Å². The van der Waals surface area contributed by atoms with Crippen LogP contribution in [0.1, 0.15) is 21.8 Å². The van der Waals surface area contributed by atoms with Gasteiger partial charge in [0.2, 0.25) is 0 Å². The molecule has 2 aromatic carbocycles. The smallest absolute Gasteiger partial charge is 0.189 e. The summed E-state index contributed by atoms with van der Waals surface area (Å²) in [6, 6.07) is 15.6. The molecule has 0 saturated heterocycles. The second-order valence-electron chi connectivity index (χ2n) is 4.81. The molecule has 20 heavy (non-hydrogen) atoms. The Hall–Kier alpha value is -2.49. The quantitative estimate of drug-likeness (QED) is 0.867. The molecule has 0 aromatic heterocycles. The van der Waals surface area contributed by atoms with Crippen molar-refractivity contribution in [3.05, 3.63) is 65.7 Å². The molecule has 0 radical (unpaired) electrons. The van der Waals surface area contributed by atoms with Crippen molar-refractivity contribution in [1.82, 2.24) is 0 Å². The lowest BCUT2D eigenvalue weighted by atomic mass is 9.88. The highest BCUT2D eigenvalue weighted by atomic mass is 16.3. The minimum Gasteiger partial charge on any atom is -0.508 e. The van der Waals surface area contributed by atoms with Gasteiger partial charge in [0.05, 0.1) is 6.54 Å². The van der Waals surface area contributed by atoms with E-state index in [0.29, 0.717) is 12.1 Å². The van der Waals surface area contributed by atoms with Crippen molar-refractivity contribution in [3.8, 4) is 5.75 Å². The molecule has 4 heteroatoms. The fourth-order valence-corrected chi connectivity index (χ4v) is 2.42. The average molecular weight is 266 g/mol. The molecule has 1 N–H and O–H groups in total. The Balaban J connectivity index is 1.87. The molecule has 2 aromatic rings. The van der Waals surface area contributed by atoms with Gasteiger partial charge in [-0.05, 0) is 17.7 Å². The molecule has 0 spiro atoms. The highest BCUT2D eigenvalue weighted by molar-refractivity contribution is 6.01. The van der Waals surface area contributed by atoms with E-state index in [9.17, 15) is 9.90 Å². The van der Waals surface area contributed by atoms with E-state index in [-0.39, 0.29) is 17.5 Å². The van der Waals surface area contributed by atoms with Crippen LogP contribution in [0, 0.1) is 0 Å². The lowest BCUT2D eigenvalue weighted by molar-refractivity contribution is 0.0956. The highest BCUT2D eigenvalue weighted by Crippen LogP contribution is 2.30. The van der Waals surface area contributed by atoms with Crippen LogP contribution in [0.5, 0.6) is 5.75 Å². The summed E-state index contributed by atoms with van der Waals surface area (Å²) in [7, 11) is 0. The van der Waals surface area contributed by atoms with E-state index in [2.05, 4.69) is 10.2 Å². The van der Waals surface area contributed by atoms with Gasteiger partial charge >= 0.3 is 0 Å². The third-order valence-electron chi connectivity index (χ3n) is 3.51. The molecule has 3 rings (SSSR count). The first kappa shape index (κ1) is 12.5. The van der Waals surface area contributed by atoms with Crippen molar-refractivity contribution in [2.45, 2.75) is 12.0 Å². The maximum atomic E-state index is 12.5. The summed E-state index contributed by atoms with van der Waals surface area (Å²) in [6.07, 6.45) is 0. The average Bonchev–Trinajstić information content (AvgIpc) is 2.97. The largest absolute Gasteiger partial charge is 0.508 e. The van der Waals surface area contributed by atoms with Crippen LogP contribution in [-0.2, 0) is 0 Å². The van der Waals surface area contributed by atoms with Gasteiger partial charge in [0, 0.05) is 11.5 Å². The van der Waals surface area contributed by atoms with Gasteiger partial charge in [0.15, 0.2) is 5.78 Å². The molecule has 100 valence electrons. The summed E-state index contributed by atoms with van der Waals surface area (Å²) in [5.74, 6) is 0.153. The first-order valence-corrected chi connectivity index (χ1v) is 6.50. The number of azo groups is 1. The Kier molecular flexibility index (Phi) is 3.29. The van der Waals surface area contributed by atoms with Gasteiger partial charge in [-0.25, -0.2) is 0 Å². The Bertz CT molecular complexity index is 635. The number of hydrogen-bond donors (Lipinski definition) is 1. The lowest BCUT2D eigenvalue weighted by Gasteiger charge is -2.15. The molecule has 0 amide bonds. The summed E-state index contributed by atoms with van der Waals surface area (Å²) in [4.78, 5) is 12.5. The standard InChI is InChI=1S/C16H14N2O2/c19-13-8-6-11(7-9-13)14-10-17-18-15(14)16(20)12-4-2-1-3-5-12/h1-9,14-15,19H,10H2. The van der Waals surface area contributed by atoms with Gasteiger partial charge in [-0.3, -0.25) is 4.79 Å². The van der Waals surface area contributed by atoms with Crippen molar-refractivity contribution >= 4 is 5.78 Å². The van der Waals surface area contributed by atoms with Gasteiger partial charge in [-0.1, -0.05) is 42.5 Å². The number of rotatable bonds is 3. The molecule has 1 aliphatic rings. The number of carbonyl (C=O) groups is 1. The van der Waals surface area contributed by atoms with Crippen LogP contribution < -0.4 is 0 Å². The molecule has 1 aliphatic heterocycles. The van der Waals surface area contributed by atoms with Crippen LogP contribution in [0.3, 0.4) is 0 Å². The van der Waals surface area contributed by atoms with Gasteiger partial charge in [0.1, 0.15) is 11.8 Å². The second kappa shape index (κ2) is 5.25. The predicted molar refractivity (Wildman–Crippen MR) is 75.1 cm³/mol. The number of hydrogen-bond acceptors (Lipinski definition) is 4. The van der Waals surface area contributed by atoms with Crippen molar-refractivity contribution in [2.24, 2.45) is 10.2 Å². The zero-order chi connectivity index (χ0) is 13.9. The zero-order valence-corrected chi connectivity index (χ0v) is 10.8. The molecular weight excluding hydrogens is 252 g/mol. The highest BCUT2D eigenvalue weighted by Gasteiger charge is 2.33. The van der Waals surface area contributed by atoms with Crippen molar-refractivity contribution < 1.29 is 9.90 Å². The number of benzene rings is 2. The van der Waals surface area contributed by atoms with E-state index in [1.807, 2.05) is 30.3 Å².